The molecule has 1 amide bonds. The predicted molar refractivity (Wildman–Crippen MR) is 80.8 cm³/mol. The molecule has 1 aliphatic rings. The first-order valence-electron chi connectivity index (χ1n) is 6.19. The van der Waals surface area contributed by atoms with Gasteiger partial charge >= 0.3 is 0 Å². The first kappa shape index (κ1) is 16.2. The van der Waals surface area contributed by atoms with Crippen LogP contribution in [0, 0.1) is 6.92 Å². The lowest BCUT2D eigenvalue weighted by Crippen LogP contribution is -2.43. The number of amides is 1. The number of nitrogen functional groups attached to an aromatic ring is 1. The second kappa shape index (κ2) is 5.56. The number of β-amino-alcohol motifs (C(OH)–C–C–N with tert-alkyl or cyclic N) is 1. The minimum Gasteiger partial charge on any atom is -0.398 e. The molecule has 0 aliphatic carbocycles. The summed E-state index contributed by atoms with van der Waals surface area (Å²) in [4.78, 5) is 11.4. The highest BCUT2D eigenvalue weighted by Gasteiger charge is 2.43. The van der Waals surface area contributed by atoms with Crippen molar-refractivity contribution in [3.05, 3.63) is 22.2 Å². The van der Waals surface area contributed by atoms with E-state index in [1.807, 2.05) is 0 Å². The first-order chi connectivity index (χ1) is 9.64. The Kier molecular flexibility index (Phi) is 4.29. The smallest absolute Gasteiger partial charge is 0.244 e. The van der Waals surface area contributed by atoms with Crippen molar-refractivity contribution >= 4 is 37.5 Å². The molecule has 5 N–H and O–H groups in total. The van der Waals surface area contributed by atoms with Crippen LogP contribution in [0.1, 0.15) is 12.0 Å². The maximum atomic E-state index is 12.8. The highest BCUT2D eigenvalue weighted by Crippen LogP contribution is 2.32. The number of benzene rings is 1. The normalized spacial score (nSPS) is 23.4. The summed E-state index contributed by atoms with van der Waals surface area (Å²) in [5.74, 6) is -0.782. The fourth-order valence-electron chi connectivity index (χ4n) is 2.38. The third-order valence-corrected chi connectivity index (χ3v) is 5.97. The summed E-state index contributed by atoms with van der Waals surface area (Å²) in [7, 11) is -3.98. The molecule has 1 aromatic carbocycles. The maximum Gasteiger partial charge on any atom is 0.244 e. The van der Waals surface area contributed by atoms with Gasteiger partial charge in [-0.15, -0.1) is 0 Å². The summed E-state index contributed by atoms with van der Waals surface area (Å²) in [5, 5.41) is 9.66. The summed E-state index contributed by atoms with van der Waals surface area (Å²) in [6, 6.07) is 1.97. The zero-order chi connectivity index (χ0) is 15.9. The lowest BCUT2D eigenvalue weighted by molar-refractivity contribution is -0.121. The number of hydrogen-bond acceptors (Lipinski definition) is 5. The summed E-state index contributed by atoms with van der Waals surface area (Å²) in [6.45, 7) is 1.42. The number of aliphatic hydroxyl groups is 1. The predicted octanol–water partition coefficient (Wildman–Crippen LogP) is -0.0511. The lowest BCUT2D eigenvalue weighted by atomic mass is 10.2. The molecule has 2 unspecified atom stereocenters. The van der Waals surface area contributed by atoms with E-state index in [0.29, 0.717) is 15.7 Å². The molecule has 1 aromatic rings. The van der Waals surface area contributed by atoms with E-state index in [9.17, 15) is 18.3 Å². The molecule has 7 nitrogen and oxygen atoms in total. The summed E-state index contributed by atoms with van der Waals surface area (Å²) < 4.78 is 27.0. The quantitative estimate of drug-likeness (QED) is 0.636. The van der Waals surface area contributed by atoms with Gasteiger partial charge in [-0.25, -0.2) is 8.42 Å². The van der Waals surface area contributed by atoms with E-state index in [4.69, 9.17) is 11.5 Å². The third kappa shape index (κ3) is 2.91. The Morgan fingerprint density at radius 2 is 2.10 bits per heavy atom. The van der Waals surface area contributed by atoms with Crippen LogP contribution in [-0.4, -0.2) is 42.4 Å². The van der Waals surface area contributed by atoms with Gasteiger partial charge in [-0.1, -0.05) is 15.9 Å². The fourth-order valence-corrected chi connectivity index (χ4v) is 4.93. The molecule has 1 saturated heterocycles. The molecule has 1 heterocycles. The Labute approximate surface area is 131 Å². The molecule has 2 rings (SSSR count). The van der Waals surface area contributed by atoms with Gasteiger partial charge in [0.1, 0.15) is 6.04 Å². The molecule has 0 radical (unpaired) electrons. The van der Waals surface area contributed by atoms with E-state index >= 15 is 0 Å². The molecule has 116 valence electrons. The monoisotopic (exact) mass is 377 g/mol. The zero-order valence-corrected chi connectivity index (χ0v) is 13.7. The van der Waals surface area contributed by atoms with Crippen molar-refractivity contribution < 1.29 is 18.3 Å². The molecular formula is C12H16BrN3O4S. The Morgan fingerprint density at radius 1 is 1.48 bits per heavy atom. The van der Waals surface area contributed by atoms with Gasteiger partial charge in [0, 0.05) is 23.1 Å². The number of aliphatic hydroxyl groups excluding tert-OH is 1. The number of hydrogen-bond donors (Lipinski definition) is 3. The average Bonchev–Trinajstić information content (AvgIpc) is 2.76. The summed E-state index contributed by atoms with van der Waals surface area (Å²) >= 11 is 3.20. The second-order valence-corrected chi connectivity index (χ2v) is 7.78. The average molecular weight is 378 g/mol. The van der Waals surface area contributed by atoms with Crippen molar-refractivity contribution in [2.75, 3.05) is 12.3 Å². The molecule has 2 atom stereocenters. The van der Waals surface area contributed by atoms with Gasteiger partial charge in [-0.05, 0) is 24.6 Å². The molecule has 21 heavy (non-hydrogen) atoms. The molecule has 9 heteroatoms. The van der Waals surface area contributed by atoms with Crippen LogP contribution >= 0.6 is 15.9 Å². The molecule has 0 spiro atoms. The lowest BCUT2D eigenvalue weighted by Gasteiger charge is -2.23. The number of anilines is 1. The Morgan fingerprint density at radius 3 is 2.67 bits per heavy atom. The Balaban J connectivity index is 2.54. The van der Waals surface area contributed by atoms with Gasteiger partial charge in [0.25, 0.3) is 0 Å². The number of rotatable bonds is 3. The van der Waals surface area contributed by atoms with E-state index in [-0.39, 0.29) is 17.9 Å². The van der Waals surface area contributed by atoms with Gasteiger partial charge < -0.3 is 16.6 Å². The van der Waals surface area contributed by atoms with Crippen LogP contribution in [0.3, 0.4) is 0 Å². The molecule has 0 bridgehead atoms. The van der Waals surface area contributed by atoms with Crippen LogP contribution in [-0.2, 0) is 14.8 Å². The van der Waals surface area contributed by atoms with Crippen molar-refractivity contribution in [1.82, 2.24) is 4.31 Å². The first-order valence-corrected chi connectivity index (χ1v) is 8.42. The van der Waals surface area contributed by atoms with E-state index in [1.165, 1.54) is 6.07 Å². The molecule has 1 aliphatic heterocycles. The molecular weight excluding hydrogens is 362 g/mol. The minimum atomic E-state index is -3.98. The zero-order valence-electron chi connectivity index (χ0n) is 11.3. The number of nitrogens with zero attached hydrogens (tertiary/aromatic N) is 1. The van der Waals surface area contributed by atoms with Gasteiger partial charge in [0.2, 0.25) is 15.9 Å². The Hall–Kier alpha value is -1.16. The summed E-state index contributed by atoms with van der Waals surface area (Å²) in [6.07, 6.45) is -0.918. The van der Waals surface area contributed by atoms with Crippen LogP contribution in [0.2, 0.25) is 0 Å². The van der Waals surface area contributed by atoms with Gasteiger partial charge in [-0.3, -0.25) is 4.79 Å². The Bertz CT molecular complexity index is 692. The standard InChI is InChI=1S/C12H16BrN3O4S/c1-6-9(14)2-7(13)3-11(6)21(19,20)16-5-8(17)4-10(16)12(15)18/h2-3,8,10,17H,4-5,14H2,1H3,(H2,15,18). The van der Waals surface area contributed by atoms with E-state index in [0.717, 1.165) is 4.31 Å². The van der Waals surface area contributed by atoms with Crippen molar-refractivity contribution in [2.45, 2.75) is 30.4 Å². The minimum absolute atomic E-state index is 0.00288. The van der Waals surface area contributed by atoms with Crippen LogP contribution in [0.5, 0.6) is 0 Å². The maximum absolute atomic E-state index is 12.8. The second-order valence-electron chi connectivity index (χ2n) is 5.00. The van der Waals surface area contributed by atoms with Crippen molar-refractivity contribution in [1.29, 1.82) is 0 Å². The van der Waals surface area contributed by atoms with Crippen LogP contribution in [0.4, 0.5) is 5.69 Å². The van der Waals surface area contributed by atoms with Crippen LogP contribution in [0.15, 0.2) is 21.5 Å². The highest BCUT2D eigenvalue weighted by molar-refractivity contribution is 9.10. The number of carbonyl (C=O) groups is 1. The van der Waals surface area contributed by atoms with E-state index < -0.39 is 28.1 Å². The van der Waals surface area contributed by atoms with Gasteiger partial charge in [-0.2, -0.15) is 4.31 Å². The number of halogens is 1. The van der Waals surface area contributed by atoms with Crippen LogP contribution in [0.25, 0.3) is 0 Å². The van der Waals surface area contributed by atoms with Crippen LogP contribution < -0.4 is 11.5 Å². The number of nitrogens with two attached hydrogens (primary N) is 2. The molecule has 1 fully saturated rings. The fraction of sp³-hybridized carbons (Fsp3) is 0.417. The number of sulfonamides is 1. The highest BCUT2D eigenvalue weighted by atomic mass is 79.9. The number of primary amides is 1. The molecule has 0 aromatic heterocycles. The van der Waals surface area contributed by atoms with Gasteiger partial charge in [0.05, 0.1) is 11.0 Å². The topological polar surface area (TPSA) is 127 Å². The van der Waals surface area contributed by atoms with Crippen molar-refractivity contribution in [2.24, 2.45) is 5.73 Å². The van der Waals surface area contributed by atoms with Gasteiger partial charge in [0.15, 0.2) is 0 Å². The summed E-state index contributed by atoms with van der Waals surface area (Å²) in [5.41, 5.74) is 11.7. The van der Waals surface area contributed by atoms with Crippen molar-refractivity contribution in [3.8, 4) is 0 Å². The molecule has 0 saturated carbocycles. The third-order valence-electron chi connectivity index (χ3n) is 3.51. The SMILES string of the molecule is Cc1c(N)cc(Br)cc1S(=O)(=O)N1CC(O)CC1C(N)=O. The van der Waals surface area contributed by atoms with Crippen molar-refractivity contribution in [3.63, 3.8) is 0 Å². The van der Waals surface area contributed by atoms with E-state index in [2.05, 4.69) is 15.9 Å². The number of carbonyl (C=O) groups excluding carboxylic acids is 1. The van der Waals surface area contributed by atoms with E-state index in [1.54, 1.807) is 13.0 Å². The largest absolute Gasteiger partial charge is 0.398 e.